The number of furan rings is 1. The lowest BCUT2D eigenvalue weighted by Crippen LogP contribution is -2.09. The molecule has 3 nitrogen and oxygen atoms in total. The van der Waals surface area contributed by atoms with Crippen molar-refractivity contribution in [3.05, 3.63) is 158 Å². The van der Waals surface area contributed by atoms with E-state index in [9.17, 15) is 0 Å². The fourth-order valence-electron chi connectivity index (χ4n) is 5.89. The summed E-state index contributed by atoms with van der Waals surface area (Å²) in [6.45, 7) is 0. The molecule has 0 amide bonds. The van der Waals surface area contributed by atoms with E-state index in [0.717, 1.165) is 39.0 Å². The van der Waals surface area contributed by atoms with Crippen molar-refractivity contribution in [1.82, 2.24) is 4.98 Å². The van der Waals surface area contributed by atoms with Crippen molar-refractivity contribution in [3.63, 3.8) is 0 Å². The van der Waals surface area contributed by atoms with E-state index in [1.165, 1.54) is 33.0 Å². The number of pyridine rings is 1. The first-order chi connectivity index (χ1) is 20.8. The predicted molar refractivity (Wildman–Crippen MR) is 175 cm³/mol. The van der Waals surface area contributed by atoms with Gasteiger partial charge in [0.25, 0.3) is 0 Å². The van der Waals surface area contributed by atoms with Crippen LogP contribution in [-0.2, 0) is 0 Å². The summed E-state index contributed by atoms with van der Waals surface area (Å²) in [6.07, 6.45) is 3.61. The van der Waals surface area contributed by atoms with Crippen LogP contribution in [0, 0.1) is 0 Å². The quantitative estimate of drug-likeness (QED) is 0.218. The lowest BCUT2D eigenvalue weighted by Gasteiger charge is -2.26. The standard InChI is InChI=1S/C39H26N2O/c1-3-7-27(8-4-1)28-13-18-33(19-14-28)41(32-9-5-2-6-10-32)34-20-15-29(16-21-34)31-12-11-30-17-22-37-39(36(30)25-31)35-23-24-40-26-38(35)42-37/h1-26H. The topological polar surface area (TPSA) is 29.3 Å². The van der Waals surface area contributed by atoms with E-state index in [1.54, 1.807) is 6.20 Å². The van der Waals surface area contributed by atoms with Gasteiger partial charge in [-0.1, -0.05) is 91.0 Å². The average Bonchev–Trinajstić information content (AvgIpc) is 3.46. The number of aromatic nitrogens is 1. The minimum atomic E-state index is 0.813. The Kier molecular flexibility index (Phi) is 5.79. The van der Waals surface area contributed by atoms with Gasteiger partial charge in [-0.15, -0.1) is 0 Å². The monoisotopic (exact) mass is 538 g/mol. The van der Waals surface area contributed by atoms with Crippen molar-refractivity contribution in [2.75, 3.05) is 4.90 Å². The Morgan fingerprint density at radius 3 is 1.74 bits per heavy atom. The van der Waals surface area contributed by atoms with Crippen LogP contribution >= 0.6 is 0 Å². The molecule has 0 fully saturated rings. The highest BCUT2D eigenvalue weighted by atomic mass is 16.3. The lowest BCUT2D eigenvalue weighted by molar-refractivity contribution is 0.667. The normalized spacial score (nSPS) is 11.3. The molecular weight excluding hydrogens is 512 g/mol. The molecule has 0 bridgehead atoms. The first-order valence-electron chi connectivity index (χ1n) is 14.1. The molecule has 0 saturated carbocycles. The third kappa shape index (κ3) is 4.20. The van der Waals surface area contributed by atoms with Gasteiger partial charge in [-0.25, -0.2) is 0 Å². The third-order valence-corrected chi connectivity index (χ3v) is 7.96. The highest BCUT2D eigenvalue weighted by molar-refractivity contribution is 6.19. The molecule has 42 heavy (non-hydrogen) atoms. The molecule has 0 N–H and O–H groups in total. The molecule has 0 atom stereocenters. The number of para-hydroxylation sites is 1. The Hall–Kier alpha value is -5.67. The lowest BCUT2D eigenvalue weighted by atomic mass is 9.98. The number of rotatable bonds is 5. The maximum atomic E-state index is 6.10. The SMILES string of the molecule is c1ccc(-c2ccc(N(c3ccccc3)c3ccc(-c4ccc5ccc6oc7cnccc7c6c5c4)cc3)cc2)cc1. The van der Waals surface area contributed by atoms with Crippen LogP contribution < -0.4 is 4.90 Å². The zero-order valence-electron chi connectivity index (χ0n) is 22.8. The second-order valence-electron chi connectivity index (χ2n) is 10.5. The van der Waals surface area contributed by atoms with Crippen LogP contribution in [0.1, 0.15) is 0 Å². The fourth-order valence-corrected chi connectivity index (χ4v) is 5.89. The van der Waals surface area contributed by atoms with Crippen molar-refractivity contribution >= 4 is 49.8 Å². The van der Waals surface area contributed by atoms with Crippen molar-refractivity contribution in [2.45, 2.75) is 0 Å². The van der Waals surface area contributed by atoms with Crippen LogP contribution in [0.5, 0.6) is 0 Å². The fraction of sp³-hybridized carbons (Fsp3) is 0. The van der Waals surface area contributed by atoms with Crippen LogP contribution in [0.25, 0.3) is 55.0 Å². The smallest absolute Gasteiger partial charge is 0.153 e. The molecule has 2 aromatic heterocycles. The van der Waals surface area contributed by atoms with Gasteiger partial charge in [0.1, 0.15) is 5.58 Å². The van der Waals surface area contributed by atoms with Gasteiger partial charge in [0.05, 0.1) is 6.20 Å². The molecule has 6 aromatic carbocycles. The van der Waals surface area contributed by atoms with Crippen LogP contribution in [0.4, 0.5) is 17.1 Å². The zero-order valence-corrected chi connectivity index (χ0v) is 22.8. The maximum absolute atomic E-state index is 6.10. The third-order valence-electron chi connectivity index (χ3n) is 7.96. The van der Waals surface area contributed by atoms with E-state index in [4.69, 9.17) is 4.42 Å². The molecule has 0 radical (unpaired) electrons. The largest absolute Gasteiger partial charge is 0.454 e. The predicted octanol–water partition coefficient (Wildman–Crippen LogP) is 10.9. The summed E-state index contributed by atoms with van der Waals surface area (Å²) in [5.41, 5.74) is 9.79. The molecular formula is C39H26N2O. The summed E-state index contributed by atoms with van der Waals surface area (Å²) in [6, 6.07) is 51.5. The number of benzene rings is 6. The molecule has 0 aliphatic rings. The van der Waals surface area contributed by atoms with Gasteiger partial charge in [-0.3, -0.25) is 4.98 Å². The number of anilines is 3. The Balaban J connectivity index is 1.19. The van der Waals surface area contributed by atoms with E-state index < -0.39 is 0 Å². The van der Waals surface area contributed by atoms with Crippen LogP contribution in [0.3, 0.4) is 0 Å². The molecule has 0 saturated heterocycles. The first kappa shape index (κ1) is 24.2. The van der Waals surface area contributed by atoms with E-state index in [1.807, 2.05) is 18.3 Å². The van der Waals surface area contributed by atoms with Gasteiger partial charge < -0.3 is 9.32 Å². The molecule has 0 spiro atoms. The summed E-state index contributed by atoms with van der Waals surface area (Å²) in [4.78, 5) is 6.54. The minimum Gasteiger partial charge on any atom is -0.454 e. The number of fused-ring (bicyclic) bond motifs is 5. The summed E-state index contributed by atoms with van der Waals surface area (Å²) >= 11 is 0. The Bertz CT molecular complexity index is 2170. The average molecular weight is 539 g/mol. The molecule has 0 aliphatic carbocycles. The molecule has 3 heteroatoms. The van der Waals surface area contributed by atoms with Gasteiger partial charge in [0.2, 0.25) is 0 Å². The summed E-state index contributed by atoms with van der Waals surface area (Å²) < 4.78 is 6.10. The second-order valence-corrected chi connectivity index (χ2v) is 10.5. The summed E-state index contributed by atoms with van der Waals surface area (Å²) in [5.74, 6) is 0. The first-order valence-corrected chi connectivity index (χ1v) is 14.1. The van der Waals surface area contributed by atoms with Crippen LogP contribution in [0.2, 0.25) is 0 Å². The maximum Gasteiger partial charge on any atom is 0.153 e. The van der Waals surface area contributed by atoms with Gasteiger partial charge >= 0.3 is 0 Å². The van der Waals surface area contributed by atoms with E-state index in [0.29, 0.717) is 0 Å². The van der Waals surface area contributed by atoms with Gasteiger partial charge in [-0.05, 0) is 87.6 Å². The molecule has 0 aliphatic heterocycles. The van der Waals surface area contributed by atoms with Crippen molar-refractivity contribution in [2.24, 2.45) is 0 Å². The van der Waals surface area contributed by atoms with E-state index in [2.05, 4.69) is 143 Å². The van der Waals surface area contributed by atoms with Crippen LogP contribution in [-0.4, -0.2) is 4.98 Å². The summed E-state index contributed by atoms with van der Waals surface area (Å²) in [5, 5.41) is 4.60. The Morgan fingerprint density at radius 2 is 1.02 bits per heavy atom. The number of hydrogen-bond donors (Lipinski definition) is 0. The summed E-state index contributed by atoms with van der Waals surface area (Å²) in [7, 11) is 0. The Labute approximate surface area is 243 Å². The van der Waals surface area contributed by atoms with Crippen molar-refractivity contribution in [1.29, 1.82) is 0 Å². The number of hydrogen-bond acceptors (Lipinski definition) is 3. The highest BCUT2D eigenvalue weighted by Gasteiger charge is 2.14. The second kappa shape index (κ2) is 10.1. The van der Waals surface area contributed by atoms with Gasteiger partial charge in [0, 0.05) is 34.0 Å². The van der Waals surface area contributed by atoms with Crippen LogP contribution in [0.15, 0.2) is 162 Å². The zero-order chi connectivity index (χ0) is 27.9. The number of nitrogens with zero attached hydrogens (tertiary/aromatic N) is 2. The molecule has 8 aromatic rings. The molecule has 198 valence electrons. The van der Waals surface area contributed by atoms with Gasteiger partial charge in [0.15, 0.2) is 5.58 Å². The molecule has 8 rings (SSSR count). The highest BCUT2D eigenvalue weighted by Crippen LogP contribution is 2.38. The Morgan fingerprint density at radius 1 is 0.452 bits per heavy atom. The van der Waals surface area contributed by atoms with Crippen molar-refractivity contribution < 1.29 is 4.42 Å². The van der Waals surface area contributed by atoms with E-state index >= 15 is 0 Å². The van der Waals surface area contributed by atoms with Crippen molar-refractivity contribution in [3.8, 4) is 22.3 Å². The van der Waals surface area contributed by atoms with Gasteiger partial charge in [-0.2, -0.15) is 0 Å². The minimum absolute atomic E-state index is 0.813. The van der Waals surface area contributed by atoms with E-state index in [-0.39, 0.29) is 0 Å². The molecule has 0 unspecified atom stereocenters. The molecule has 2 heterocycles.